The number of hydrogen-bond donors (Lipinski definition) is 2. The topological polar surface area (TPSA) is 40.5 Å². The molecule has 10 heavy (non-hydrogen) atoms. The minimum Gasteiger partial charge on any atom is -0.393 e. The molecule has 0 aromatic heterocycles. The summed E-state index contributed by atoms with van der Waals surface area (Å²) in [6, 6.07) is 0. The first kappa shape index (κ1) is 9.92. The second kappa shape index (κ2) is 3.94. The van der Waals surface area contributed by atoms with E-state index < -0.39 is 5.60 Å². The van der Waals surface area contributed by atoms with Crippen molar-refractivity contribution in [2.75, 3.05) is 6.61 Å². The molecule has 0 bridgehead atoms. The molecular weight excluding hydrogens is 128 g/mol. The second-order valence-corrected chi connectivity index (χ2v) is 2.92. The van der Waals surface area contributed by atoms with E-state index in [0.29, 0.717) is 6.42 Å². The van der Waals surface area contributed by atoms with Gasteiger partial charge in [-0.3, -0.25) is 0 Å². The molecule has 0 radical (unpaired) electrons. The molecule has 0 rings (SSSR count). The first-order chi connectivity index (χ1) is 4.60. The molecule has 0 amide bonds. The third-order valence-corrected chi connectivity index (χ3v) is 2.42. The van der Waals surface area contributed by atoms with Crippen LogP contribution in [0.2, 0.25) is 0 Å². The van der Waals surface area contributed by atoms with Gasteiger partial charge < -0.3 is 10.2 Å². The lowest BCUT2D eigenvalue weighted by Gasteiger charge is -2.30. The Morgan fingerprint density at radius 2 is 1.90 bits per heavy atom. The van der Waals surface area contributed by atoms with E-state index in [-0.39, 0.29) is 12.5 Å². The quantitative estimate of drug-likeness (QED) is 0.625. The van der Waals surface area contributed by atoms with Crippen molar-refractivity contribution in [3.05, 3.63) is 0 Å². The molecule has 0 saturated heterocycles. The van der Waals surface area contributed by atoms with Gasteiger partial charge in [0.25, 0.3) is 0 Å². The van der Waals surface area contributed by atoms with Crippen LogP contribution in [0.5, 0.6) is 0 Å². The summed E-state index contributed by atoms with van der Waals surface area (Å²) in [5.74, 6) is 0.183. The normalized spacial score (nSPS) is 20.1. The van der Waals surface area contributed by atoms with Crippen molar-refractivity contribution in [1.82, 2.24) is 0 Å². The monoisotopic (exact) mass is 146 g/mol. The van der Waals surface area contributed by atoms with Crippen LogP contribution in [-0.4, -0.2) is 22.4 Å². The van der Waals surface area contributed by atoms with E-state index in [4.69, 9.17) is 5.11 Å². The Labute approximate surface area is 62.9 Å². The van der Waals surface area contributed by atoms with Crippen molar-refractivity contribution < 1.29 is 10.2 Å². The molecule has 2 heteroatoms. The predicted octanol–water partition coefficient (Wildman–Crippen LogP) is 1.17. The van der Waals surface area contributed by atoms with Gasteiger partial charge in [-0.05, 0) is 12.3 Å². The molecule has 62 valence electrons. The van der Waals surface area contributed by atoms with Crippen LogP contribution in [0.3, 0.4) is 0 Å². The summed E-state index contributed by atoms with van der Waals surface area (Å²) >= 11 is 0. The van der Waals surface area contributed by atoms with Crippen molar-refractivity contribution in [3.8, 4) is 0 Å². The van der Waals surface area contributed by atoms with E-state index in [9.17, 15) is 5.11 Å². The fourth-order valence-corrected chi connectivity index (χ4v) is 0.996. The number of aliphatic hydroxyl groups is 2. The van der Waals surface area contributed by atoms with E-state index in [1.165, 1.54) is 0 Å². The summed E-state index contributed by atoms with van der Waals surface area (Å²) in [6.45, 7) is 5.74. The SMILES string of the molecule is CCC(C)C(O)(CC)CO. The summed E-state index contributed by atoms with van der Waals surface area (Å²) in [6.07, 6.45) is 1.53. The van der Waals surface area contributed by atoms with Gasteiger partial charge in [-0.15, -0.1) is 0 Å². The lowest BCUT2D eigenvalue weighted by molar-refractivity contribution is -0.0601. The Kier molecular flexibility index (Phi) is 3.91. The fraction of sp³-hybridized carbons (Fsp3) is 1.00. The Morgan fingerprint density at radius 3 is 2.00 bits per heavy atom. The van der Waals surface area contributed by atoms with Gasteiger partial charge in [0.05, 0.1) is 12.2 Å². The first-order valence-electron chi connectivity index (χ1n) is 3.94. The molecule has 0 aliphatic heterocycles. The highest BCUT2D eigenvalue weighted by atomic mass is 16.3. The van der Waals surface area contributed by atoms with Crippen molar-refractivity contribution in [3.63, 3.8) is 0 Å². The maximum Gasteiger partial charge on any atom is 0.0900 e. The zero-order valence-electron chi connectivity index (χ0n) is 7.09. The Hall–Kier alpha value is -0.0800. The van der Waals surface area contributed by atoms with Crippen LogP contribution in [0.4, 0.5) is 0 Å². The highest BCUT2D eigenvalue weighted by molar-refractivity contribution is 4.80. The highest BCUT2D eigenvalue weighted by Crippen LogP contribution is 2.22. The van der Waals surface area contributed by atoms with E-state index >= 15 is 0 Å². The molecule has 0 spiro atoms. The van der Waals surface area contributed by atoms with E-state index in [1.807, 2.05) is 20.8 Å². The Bertz CT molecular complexity index is 87.3. The molecule has 2 nitrogen and oxygen atoms in total. The molecule has 2 unspecified atom stereocenters. The second-order valence-electron chi connectivity index (χ2n) is 2.92. The Balaban J connectivity index is 4.02. The minimum atomic E-state index is -0.852. The standard InChI is InChI=1S/C8H18O2/c1-4-7(3)8(10,5-2)6-9/h7,9-10H,4-6H2,1-3H3. The number of rotatable bonds is 4. The molecule has 0 aromatic rings. The van der Waals surface area contributed by atoms with Gasteiger partial charge in [-0.2, -0.15) is 0 Å². The molecule has 0 heterocycles. The summed E-state index contributed by atoms with van der Waals surface area (Å²) < 4.78 is 0. The lowest BCUT2D eigenvalue weighted by atomic mass is 9.85. The molecule has 0 fully saturated rings. The van der Waals surface area contributed by atoms with Gasteiger partial charge in [0.1, 0.15) is 0 Å². The largest absolute Gasteiger partial charge is 0.393 e. The van der Waals surface area contributed by atoms with E-state index in [2.05, 4.69) is 0 Å². The zero-order chi connectivity index (χ0) is 8.20. The van der Waals surface area contributed by atoms with Crippen molar-refractivity contribution in [2.45, 2.75) is 39.2 Å². The van der Waals surface area contributed by atoms with Crippen LogP contribution in [-0.2, 0) is 0 Å². The van der Waals surface area contributed by atoms with Gasteiger partial charge in [-0.25, -0.2) is 0 Å². The Morgan fingerprint density at radius 1 is 1.40 bits per heavy atom. The molecule has 2 atom stereocenters. The molecular formula is C8H18O2. The maximum atomic E-state index is 9.65. The van der Waals surface area contributed by atoms with Gasteiger partial charge in [0.15, 0.2) is 0 Å². The van der Waals surface area contributed by atoms with E-state index in [0.717, 1.165) is 6.42 Å². The van der Waals surface area contributed by atoms with Gasteiger partial charge in [-0.1, -0.05) is 27.2 Å². The lowest BCUT2D eigenvalue weighted by Crippen LogP contribution is -2.39. The average molecular weight is 146 g/mol. The average Bonchev–Trinajstić information content (AvgIpc) is 2.01. The fourth-order valence-electron chi connectivity index (χ4n) is 0.996. The zero-order valence-corrected chi connectivity index (χ0v) is 7.09. The highest BCUT2D eigenvalue weighted by Gasteiger charge is 2.29. The third-order valence-electron chi connectivity index (χ3n) is 2.42. The third kappa shape index (κ3) is 1.96. The van der Waals surface area contributed by atoms with E-state index in [1.54, 1.807) is 0 Å². The van der Waals surface area contributed by atoms with Crippen molar-refractivity contribution >= 4 is 0 Å². The predicted molar refractivity (Wildman–Crippen MR) is 41.8 cm³/mol. The van der Waals surface area contributed by atoms with Gasteiger partial charge >= 0.3 is 0 Å². The molecule has 0 aliphatic rings. The minimum absolute atomic E-state index is 0.126. The van der Waals surface area contributed by atoms with Crippen molar-refractivity contribution in [1.29, 1.82) is 0 Å². The summed E-state index contributed by atoms with van der Waals surface area (Å²) in [4.78, 5) is 0. The van der Waals surface area contributed by atoms with Crippen LogP contribution < -0.4 is 0 Å². The first-order valence-corrected chi connectivity index (χ1v) is 3.94. The molecule has 0 aliphatic carbocycles. The molecule has 0 saturated carbocycles. The van der Waals surface area contributed by atoms with Crippen LogP contribution >= 0.6 is 0 Å². The molecule has 2 N–H and O–H groups in total. The van der Waals surface area contributed by atoms with Gasteiger partial charge in [0.2, 0.25) is 0 Å². The smallest absolute Gasteiger partial charge is 0.0900 e. The van der Waals surface area contributed by atoms with Crippen LogP contribution in [0.15, 0.2) is 0 Å². The number of aliphatic hydroxyl groups excluding tert-OH is 1. The summed E-state index contributed by atoms with van der Waals surface area (Å²) in [5.41, 5.74) is -0.852. The molecule has 0 aromatic carbocycles. The maximum absolute atomic E-state index is 9.65. The summed E-state index contributed by atoms with van der Waals surface area (Å²) in [5, 5.41) is 18.5. The summed E-state index contributed by atoms with van der Waals surface area (Å²) in [7, 11) is 0. The number of hydrogen-bond acceptors (Lipinski definition) is 2. The van der Waals surface area contributed by atoms with Crippen molar-refractivity contribution in [2.24, 2.45) is 5.92 Å². The van der Waals surface area contributed by atoms with Gasteiger partial charge in [0, 0.05) is 0 Å². The van der Waals surface area contributed by atoms with Crippen LogP contribution in [0, 0.1) is 5.92 Å². The van der Waals surface area contributed by atoms with Crippen LogP contribution in [0.1, 0.15) is 33.6 Å². The van der Waals surface area contributed by atoms with Crippen LogP contribution in [0.25, 0.3) is 0 Å².